The molecule has 0 aromatic rings. The highest BCUT2D eigenvalue weighted by molar-refractivity contribution is 5.84. The highest BCUT2D eigenvalue weighted by Crippen LogP contribution is 2.31. The van der Waals surface area contributed by atoms with Crippen LogP contribution in [0.25, 0.3) is 0 Å². The quantitative estimate of drug-likeness (QED) is 0.601. The summed E-state index contributed by atoms with van der Waals surface area (Å²) in [6, 6.07) is 0. The SMILES string of the molecule is CC(C)C(C)(CC(=O)N(C)CCOCCO)C(=O)O. The maximum atomic E-state index is 12.0. The third-order valence-corrected chi connectivity index (χ3v) is 3.51. The molecule has 0 radical (unpaired) electrons. The molecule has 0 bridgehead atoms. The molecular weight excluding hydrogens is 250 g/mol. The Kier molecular flexibility index (Phi) is 7.63. The van der Waals surface area contributed by atoms with E-state index in [1.807, 2.05) is 0 Å². The lowest BCUT2D eigenvalue weighted by Gasteiger charge is -2.30. The van der Waals surface area contributed by atoms with E-state index < -0.39 is 11.4 Å². The van der Waals surface area contributed by atoms with E-state index in [1.165, 1.54) is 4.90 Å². The predicted octanol–water partition coefficient (Wildman–Crippen LogP) is 0.591. The number of ether oxygens (including phenoxy) is 1. The first-order chi connectivity index (χ1) is 8.75. The molecule has 112 valence electrons. The van der Waals surface area contributed by atoms with Gasteiger partial charge in [-0.1, -0.05) is 13.8 Å². The van der Waals surface area contributed by atoms with Gasteiger partial charge in [0.05, 0.1) is 25.2 Å². The fourth-order valence-corrected chi connectivity index (χ4v) is 1.47. The van der Waals surface area contributed by atoms with Gasteiger partial charge >= 0.3 is 5.97 Å². The van der Waals surface area contributed by atoms with Crippen molar-refractivity contribution in [2.24, 2.45) is 11.3 Å². The molecule has 0 saturated carbocycles. The number of hydrogen-bond acceptors (Lipinski definition) is 4. The van der Waals surface area contributed by atoms with Crippen LogP contribution in [0.5, 0.6) is 0 Å². The van der Waals surface area contributed by atoms with Crippen LogP contribution in [0.15, 0.2) is 0 Å². The molecular formula is C13H25NO5. The summed E-state index contributed by atoms with van der Waals surface area (Å²) in [6.07, 6.45) is -0.0312. The number of nitrogens with zero attached hydrogens (tertiary/aromatic N) is 1. The van der Waals surface area contributed by atoms with Gasteiger partial charge in [0.1, 0.15) is 0 Å². The number of carboxylic acid groups (broad SMARTS) is 1. The Labute approximate surface area is 114 Å². The van der Waals surface area contributed by atoms with Crippen LogP contribution in [0.4, 0.5) is 0 Å². The summed E-state index contributed by atoms with van der Waals surface area (Å²) in [4.78, 5) is 24.7. The lowest BCUT2D eigenvalue weighted by molar-refractivity contribution is -0.155. The molecule has 1 unspecified atom stereocenters. The van der Waals surface area contributed by atoms with Gasteiger partial charge in [0.25, 0.3) is 0 Å². The van der Waals surface area contributed by atoms with Crippen molar-refractivity contribution >= 4 is 11.9 Å². The smallest absolute Gasteiger partial charge is 0.310 e. The summed E-state index contributed by atoms with van der Waals surface area (Å²) in [5, 5.41) is 17.8. The number of aliphatic hydroxyl groups excluding tert-OH is 1. The molecule has 0 aliphatic rings. The minimum absolute atomic E-state index is 0.0312. The van der Waals surface area contributed by atoms with Crippen LogP contribution in [0, 0.1) is 11.3 Å². The van der Waals surface area contributed by atoms with E-state index in [4.69, 9.17) is 9.84 Å². The highest BCUT2D eigenvalue weighted by Gasteiger charge is 2.39. The molecule has 0 aliphatic heterocycles. The van der Waals surface area contributed by atoms with Crippen molar-refractivity contribution in [3.63, 3.8) is 0 Å². The topological polar surface area (TPSA) is 87.1 Å². The second kappa shape index (κ2) is 8.12. The number of aliphatic carboxylic acids is 1. The summed E-state index contributed by atoms with van der Waals surface area (Å²) in [7, 11) is 1.62. The van der Waals surface area contributed by atoms with Gasteiger partial charge in [0.2, 0.25) is 5.91 Å². The Morgan fingerprint density at radius 3 is 2.32 bits per heavy atom. The maximum absolute atomic E-state index is 12.0. The molecule has 0 heterocycles. The highest BCUT2D eigenvalue weighted by atomic mass is 16.5. The molecule has 0 aromatic heterocycles. The van der Waals surface area contributed by atoms with Crippen molar-refractivity contribution in [1.82, 2.24) is 4.90 Å². The Morgan fingerprint density at radius 1 is 1.32 bits per heavy atom. The monoisotopic (exact) mass is 275 g/mol. The largest absolute Gasteiger partial charge is 0.481 e. The van der Waals surface area contributed by atoms with Crippen LogP contribution in [-0.4, -0.2) is 60.4 Å². The zero-order chi connectivity index (χ0) is 15.1. The molecule has 0 aliphatic carbocycles. The summed E-state index contributed by atoms with van der Waals surface area (Å²) >= 11 is 0. The Morgan fingerprint density at radius 2 is 1.89 bits per heavy atom. The van der Waals surface area contributed by atoms with Crippen LogP contribution < -0.4 is 0 Å². The number of likely N-dealkylation sites (N-methyl/N-ethyl adjacent to an activating group) is 1. The average molecular weight is 275 g/mol. The standard InChI is InChI=1S/C13H25NO5/c1-10(2)13(3,12(17)18)9-11(16)14(4)5-7-19-8-6-15/h10,15H,5-9H2,1-4H3,(H,17,18). The third-order valence-electron chi connectivity index (χ3n) is 3.51. The van der Waals surface area contributed by atoms with Crippen molar-refractivity contribution in [1.29, 1.82) is 0 Å². The van der Waals surface area contributed by atoms with E-state index >= 15 is 0 Å². The molecule has 19 heavy (non-hydrogen) atoms. The Bertz CT molecular complexity index is 305. The first-order valence-electron chi connectivity index (χ1n) is 6.41. The van der Waals surface area contributed by atoms with Crippen molar-refractivity contribution < 1.29 is 24.5 Å². The van der Waals surface area contributed by atoms with Crippen LogP contribution in [0.3, 0.4) is 0 Å². The molecule has 6 heteroatoms. The van der Waals surface area contributed by atoms with Crippen LogP contribution in [0.2, 0.25) is 0 Å². The van der Waals surface area contributed by atoms with Crippen molar-refractivity contribution in [2.45, 2.75) is 27.2 Å². The number of rotatable bonds is 9. The van der Waals surface area contributed by atoms with Crippen LogP contribution >= 0.6 is 0 Å². The number of carbonyl (C=O) groups excluding carboxylic acids is 1. The van der Waals surface area contributed by atoms with E-state index in [0.29, 0.717) is 13.2 Å². The first-order valence-corrected chi connectivity index (χ1v) is 6.41. The summed E-state index contributed by atoms with van der Waals surface area (Å²) in [5.74, 6) is -1.31. The first kappa shape index (κ1) is 17.9. The van der Waals surface area contributed by atoms with E-state index in [1.54, 1.807) is 27.8 Å². The second-order valence-corrected chi connectivity index (χ2v) is 5.21. The number of carbonyl (C=O) groups is 2. The van der Waals surface area contributed by atoms with Gasteiger partial charge in [-0.2, -0.15) is 0 Å². The molecule has 1 amide bonds. The van der Waals surface area contributed by atoms with Crippen molar-refractivity contribution in [3.05, 3.63) is 0 Å². The van der Waals surface area contributed by atoms with Gasteiger partial charge in [0.15, 0.2) is 0 Å². The van der Waals surface area contributed by atoms with Crippen molar-refractivity contribution in [2.75, 3.05) is 33.4 Å². The van der Waals surface area contributed by atoms with Gasteiger partial charge < -0.3 is 19.8 Å². The Balaban J connectivity index is 4.37. The summed E-state index contributed by atoms with van der Waals surface area (Å²) in [5.41, 5.74) is -1.06. The van der Waals surface area contributed by atoms with Crippen molar-refractivity contribution in [3.8, 4) is 0 Å². The zero-order valence-corrected chi connectivity index (χ0v) is 12.2. The van der Waals surface area contributed by atoms with Gasteiger partial charge in [0, 0.05) is 20.0 Å². The van der Waals surface area contributed by atoms with E-state index in [9.17, 15) is 14.7 Å². The van der Waals surface area contributed by atoms with E-state index in [-0.39, 0.29) is 31.5 Å². The fourth-order valence-electron chi connectivity index (χ4n) is 1.47. The molecule has 0 spiro atoms. The molecule has 0 saturated heterocycles. The summed E-state index contributed by atoms with van der Waals surface area (Å²) < 4.78 is 5.07. The lowest BCUT2D eigenvalue weighted by Crippen LogP contribution is -2.40. The fraction of sp³-hybridized carbons (Fsp3) is 0.846. The van der Waals surface area contributed by atoms with Gasteiger partial charge in [-0.25, -0.2) is 0 Å². The number of carboxylic acids is 1. The molecule has 0 fully saturated rings. The normalized spacial score (nSPS) is 14.2. The molecule has 1 atom stereocenters. The number of amides is 1. The molecule has 0 rings (SSSR count). The molecule has 6 nitrogen and oxygen atoms in total. The predicted molar refractivity (Wildman–Crippen MR) is 70.7 cm³/mol. The van der Waals surface area contributed by atoms with E-state index in [2.05, 4.69) is 0 Å². The van der Waals surface area contributed by atoms with Gasteiger partial charge in [-0.05, 0) is 12.8 Å². The minimum Gasteiger partial charge on any atom is -0.481 e. The molecule has 0 aromatic carbocycles. The maximum Gasteiger partial charge on any atom is 0.310 e. The summed E-state index contributed by atoms with van der Waals surface area (Å²) in [6.45, 7) is 6.08. The van der Waals surface area contributed by atoms with E-state index in [0.717, 1.165) is 0 Å². The zero-order valence-electron chi connectivity index (χ0n) is 12.2. The number of aliphatic hydroxyl groups is 1. The Hall–Kier alpha value is -1.14. The van der Waals surface area contributed by atoms with Gasteiger partial charge in [-0.3, -0.25) is 9.59 Å². The minimum atomic E-state index is -1.06. The molecule has 2 N–H and O–H groups in total. The lowest BCUT2D eigenvalue weighted by atomic mass is 9.76. The van der Waals surface area contributed by atoms with Crippen LogP contribution in [0.1, 0.15) is 27.2 Å². The average Bonchev–Trinajstić information content (AvgIpc) is 2.33. The number of hydrogen-bond donors (Lipinski definition) is 2. The van der Waals surface area contributed by atoms with Gasteiger partial charge in [-0.15, -0.1) is 0 Å². The second-order valence-electron chi connectivity index (χ2n) is 5.21. The third kappa shape index (κ3) is 5.57. The van der Waals surface area contributed by atoms with Crippen LogP contribution in [-0.2, 0) is 14.3 Å².